The first-order valence-corrected chi connectivity index (χ1v) is 5.33. The molecular formula is C11H16N2O3. The summed E-state index contributed by atoms with van der Waals surface area (Å²) in [6, 6.07) is 0.181. The van der Waals surface area contributed by atoms with Crippen LogP contribution in [0, 0.1) is 0 Å². The molecule has 0 aromatic rings. The van der Waals surface area contributed by atoms with E-state index < -0.39 is 0 Å². The van der Waals surface area contributed by atoms with Gasteiger partial charge in [0.15, 0.2) is 0 Å². The van der Waals surface area contributed by atoms with Gasteiger partial charge in [-0.25, -0.2) is 0 Å². The number of imide groups is 1. The fraction of sp³-hybridized carbons (Fsp3) is 0.545. The van der Waals surface area contributed by atoms with Crippen LogP contribution >= 0.6 is 0 Å². The number of primary amides is 1. The molecule has 16 heavy (non-hydrogen) atoms. The molecule has 0 atom stereocenters. The van der Waals surface area contributed by atoms with Gasteiger partial charge in [0, 0.05) is 25.1 Å². The van der Waals surface area contributed by atoms with E-state index >= 15 is 0 Å². The van der Waals surface area contributed by atoms with Crippen LogP contribution in [0.4, 0.5) is 0 Å². The van der Waals surface area contributed by atoms with E-state index in [2.05, 4.69) is 5.73 Å². The molecule has 1 heterocycles. The van der Waals surface area contributed by atoms with E-state index in [4.69, 9.17) is 0 Å². The van der Waals surface area contributed by atoms with Gasteiger partial charge in [0.2, 0.25) is 5.91 Å². The molecule has 1 saturated carbocycles. The first-order valence-electron chi connectivity index (χ1n) is 5.33. The van der Waals surface area contributed by atoms with Crippen LogP contribution in [0.3, 0.4) is 0 Å². The highest BCUT2D eigenvalue weighted by molar-refractivity contribution is 6.13. The number of carbonyl (C=O) groups is 3. The van der Waals surface area contributed by atoms with Gasteiger partial charge in [0.05, 0.1) is 0 Å². The van der Waals surface area contributed by atoms with Crippen molar-refractivity contribution in [3.8, 4) is 0 Å². The SMILES string of the molecule is CC(N)=O.O=C1C=CC(=O)N1C1CCCC1. The van der Waals surface area contributed by atoms with Gasteiger partial charge >= 0.3 is 0 Å². The van der Waals surface area contributed by atoms with Crippen LogP contribution < -0.4 is 5.73 Å². The van der Waals surface area contributed by atoms with Gasteiger partial charge in [-0.3, -0.25) is 19.3 Å². The third-order valence-electron chi connectivity index (χ3n) is 2.53. The highest BCUT2D eigenvalue weighted by Gasteiger charge is 2.32. The summed E-state index contributed by atoms with van der Waals surface area (Å²) >= 11 is 0. The molecule has 1 aliphatic heterocycles. The molecule has 0 unspecified atom stereocenters. The van der Waals surface area contributed by atoms with Crippen molar-refractivity contribution >= 4 is 17.7 Å². The third kappa shape index (κ3) is 3.18. The summed E-state index contributed by atoms with van der Waals surface area (Å²) in [6.07, 6.45) is 6.98. The molecule has 0 radical (unpaired) electrons. The predicted octanol–water partition coefficient (Wildman–Crippen LogP) is 0.346. The first kappa shape index (κ1) is 12.4. The van der Waals surface area contributed by atoms with E-state index in [1.807, 2.05) is 0 Å². The van der Waals surface area contributed by atoms with Gasteiger partial charge in [0.25, 0.3) is 11.8 Å². The molecule has 0 aromatic heterocycles. The smallest absolute Gasteiger partial charge is 0.253 e. The Hall–Kier alpha value is -1.65. The molecule has 2 N–H and O–H groups in total. The first-order chi connectivity index (χ1) is 7.52. The number of hydrogen-bond donors (Lipinski definition) is 1. The molecule has 88 valence electrons. The van der Waals surface area contributed by atoms with Crippen molar-refractivity contribution in [1.82, 2.24) is 4.90 Å². The van der Waals surface area contributed by atoms with E-state index in [0.29, 0.717) is 0 Å². The largest absolute Gasteiger partial charge is 0.370 e. The average molecular weight is 224 g/mol. The van der Waals surface area contributed by atoms with E-state index in [9.17, 15) is 14.4 Å². The van der Waals surface area contributed by atoms with E-state index in [1.165, 1.54) is 24.0 Å². The Labute approximate surface area is 94.3 Å². The number of hydrogen-bond acceptors (Lipinski definition) is 3. The van der Waals surface area contributed by atoms with Crippen molar-refractivity contribution in [1.29, 1.82) is 0 Å². The minimum Gasteiger partial charge on any atom is -0.370 e. The van der Waals surface area contributed by atoms with E-state index in [-0.39, 0.29) is 23.8 Å². The molecule has 5 nitrogen and oxygen atoms in total. The zero-order valence-electron chi connectivity index (χ0n) is 9.31. The summed E-state index contributed by atoms with van der Waals surface area (Å²) in [5.41, 5.74) is 4.47. The Morgan fingerprint density at radius 3 is 2.00 bits per heavy atom. The maximum Gasteiger partial charge on any atom is 0.253 e. The second kappa shape index (κ2) is 5.44. The van der Waals surface area contributed by atoms with E-state index in [1.54, 1.807) is 0 Å². The number of nitrogens with two attached hydrogens (primary N) is 1. The summed E-state index contributed by atoms with van der Waals surface area (Å²) in [6.45, 7) is 1.31. The Balaban J connectivity index is 0.000000280. The van der Waals surface area contributed by atoms with Gasteiger partial charge in [-0.1, -0.05) is 12.8 Å². The summed E-state index contributed by atoms with van der Waals surface area (Å²) in [5, 5.41) is 0. The normalized spacial score (nSPS) is 19.9. The Morgan fingerprint density at radius 2 is 1.62 bits per heavy atom. The van der Waals surface area contributed by atoms with Gasteiger partial charge in [0.1, 0.15) is 0 Å². The molecular weight excluding hydrogens is 208 g/mol. The second-order valence-corrected chi connectivity index (χ2v) is 3.93. The molecule has 2 rings (SSSR count). The maximum absolute atomic E-state index is 11.2. The molecule has 1 fully saturated rings. The van der Waals surface area contributed by atoms with Crippen molar-refractivity contribution in [2.24, 2.45) is 5.73 Å². The van der Waals surface area contributed by atoms with Gasteiger partial charge in [-0.15, -0.1) is 0 Å². The molecule has 5 heteroatoms. The van der Waals surface area contributed by atoms with Crippen LogP contribution in [0.25, 0.3) is 0 Å². The lowest BCUT2D eigenvalue weighted by molar-refractivity contribution is -0.139. The van der Waals surface area contributed by atoms with Gasteiger partial charge in [-0.05, 0) is 12.8 Å². The van der Waals surface area contributed by atoms with Crippen molar-refractivity contribution in [2.75, 3.05) is 0 Å². The summed E-state index contributed by atoms with van der Waals surface area (Å²) < 4.78 is 0. The maximum atomic E-state index is 11.2. The highest BCUT2D eigenvalue weighted by Crippen LogP contribution is 2.25. The molecule has 0 aromatic carbocycles. The Morgan fingerprint density at radius 1 is 1.25 bits per heavy atom. The molecule has 0 bridgehead atoms. The monoisotopic (exact) mass is 224 g/mol. The number of amides is 3. The zero-order valence-corrected chi connectivity index (χ0v) is 9.31. The Bertz CT molecular complexity index is 308. The molecule has 2 aliphatic rings. The van der Waals surface area contributed by atoms with Crippen LogP contribution in [-0.4, -0.2) is 28.7 Å². The third-order valence-corrected chi connectivity index (χ3v) is 2.53. The lowest BCUT2D eigenvalue weighted by Crippen LogP contribution is -2.38. The minimum atomic E-state index is -0.333. The van der Waals surface area contributed by atoms with Crippen molar-refractivity contribution in [3.63, 3.8) is 0 Å². The predicted molar refractivity (Wildman–Crippen MR) is 58.1 cm³/mol. The fourth-order valence-electron chi connectivity index (χ4n) is 1.93. The highest BCUT2D eigenvalue weighted by atomic mass is 16.2. The number of carbonyl (C=O) groups excluding carboxylic acids is 3. The van der Waals surface area contributed by atoms with Crippen LogP contribution in [0.1, 0.15) is 32.6 Å². The number of rotatable bonds is 1. The van der Waals surface area contributed by atoms with Crippen molar-refractivity contribution in [3.05, 3.63) is 12.2 Å². The zero-order chi connectivity index (χ0) is 12.1. The van der Waals surface area contributed by atoms with Gasteiger partial charge < -0.3 is 5.73 Å². The van der Waals surface area contributed by atoms with E-state index in [0.717, 1.165) is 25.7 Å². The molecule has 0 spiro atoms. The van der Waals surface area contributed by atoms with Crippen LogP contribution in [-0.2, 0) is 14.4 Å². The summed E-state index contributed by atoms with van der Waals surface area (Å²) in [4.78, 5) is 33.0. The quantitative estimate of drug-likeness (QED) is 0.652. The summed E-state index contributed by atoms with van der Waals surface area (Å²) in [5.74, 6) is -0.598. The van der Waals surface area contributed by atoms with Gasteiger partial charge in [-0.2, -0.15) is 0 Å². The van der Waals surface area contributed by atoms with Crippen LogP contribution in [0.5, 0.6) is 0 Å². The summed E-state index contributed by atoms with van der Waals surface area (Å²) in [7, 11) is 0. The average Bonchev–Trinajstić information content (AvgIpc) is 2.75. The molecule has 3 amide bonds. The molecule has 0 saturated heterocycles. The second-order valence-electron chi connectivity index (χ2n) is 3.93. The van der Waals surface area contributed by atoms with Crippen molar-refractivity contribution in [2.45, 2.75) is 38.6 Å². The topological polar surface area (TPSA) is 80.5 Å². The van der Waals surface area contributed by atoms with Crippen LogP contribution in [0.2, 0.25) is 0 Å². The lowest BCUT2D eigenvalue weighted by Gasteiger charge is -2.20. The Kier molecular flexibility index (Phi) is 4.22. The standard InChI is InChI=1S/C9H11NO2.C2H5NO/c11-8-5-6-9(12)10(8)7-3-1-2-4-7;1-2(3)4/h5-7H,1-4H2;1H3,(H2,3,4). The fourth-order valence-corrected chi connectivity index (χ4v) is 1.93. The lowest BCUT2D eigenvalue weighted by atomic mass is 10.2. The number of nitrogens with zero attached hydrogens (tertiary/aromatic N) is 1. The molecule has 1 aliphatic carbocycles. The van der Waals surface area contributed by atoms with Crippen molar-refractivity contribution < 1.29 is 14.4 Å². The van der Waals surface area contributed by atoms with Crippen LogP contribution in [0.15, 0.2) is 12.2 Å². The minimum absolute atomic E-state index is 0.132.